The van der Waals surface area contributed by atoms with E-state index in [0.29, 0.717) is 12.8 Å². The van der Waals surface area contributed by atoms with Crippen LogP contribution >= 0.6 is 0 Å². The van der Waals surface area contributed by atoms with E-state index in [-0.39, 0.29) is 18.2 Å². The van der Waals surface area contributed by atoms with Crippen LogP contribution in [0.3, 0.4) is 0 Å². The van der Waals surface area contributed by atoms with Gasteiger partial charge in [0.2, 0.25) is 0 Å². The predicted octanol–water partition coefficient (Wildman–Crippen LogP) is 3.44. The molecule has 0 amide bonds. The maximum Gasteiger partial charge on any atom is 0.306 e. The van der Waals surface area contributed by atoms with E-state index in [1.54, 1.807) is 6.92 Å². The van der Waals surface area contributed by atoms with Crippen LogP contribution in [0.15, 0.2) is 0 Å². The Morgan fingerprint density at radius 1 is 1.12 bits per heavy atom. The molecule has 0 bridgehead atoms. The Balaban J connectivity index is 3.44. The summed E-state index contributed by atoms with van der Waals surface area (Å²) in [5.74, 6) is -0.0976. The molecule has 0 aliphatic heterocycles. The van der Waals surface area contributed by atoms with Crippen LogP contribution < -0.4 is 0 Å². The number of aliphatic hydroxyl groups excluding tert-OH is 1. The maximum atomic E-state index is 11.4. The summed E-state index contributed by atoms with van der Waals surface area (Å²) in [4.78, 5) is 11.4. The lowest BCUT2D eigenvalue weighted by molar-refractivity contribution is -0.148. The zero-order chi connectivity index (χ0) is 13.1. The summed E-state index contributed by atoms with van der Waals surface area (Å²) in [5, 5.41) is 9.12. The average molecular weight is 244 g/mol. The lowest BCUT2D eigenvalue weighted by Crippen LogP contribution is -2.16. The average Bonchev–Trinajstić information content (AvgIpc) is 2.26. The molecule has 0 aliphatic carbocycles. The van der Waals surface area contributed by atoms with Crippen LogP contribution in [0, 0.1) is 0 Å². The molecule has 0 spiro atoms. The fourth-order valence-electron chi connectivity index (χ4n) is 1.69. The normalized spacial score (nSPS) is 14.4. The van der Waals surface area contributed by atoms with E-state index in [4.69, 9.17) is 9.84 Å². The van der Waals surface area contributed by atoms with Crippen LogP contribution in [0.1, 0.15) is 72.1 Å². The molecule has 0 heterocycles. The van der Waals surface area contributed by atoms with E-state index in [9.17, 15) is 4.79 Å². The molecule has 3 nitrogen and oxygen atoms in total. The van der Waals surface area contributed by atoms with Crippen LogP contribution in [0.2, 0.25) is 0 Å². The molecule has 3 heteroatoms. The first-order valence-corrected chi connectivity index (χ1v) is 6.93. The molecule has 0 saturated heterocycles. The molecule has 0 rings (SSSR count). The highest BCUT2D eigenvalue weighted by molar-refractivity contribution is 5.69. The maximum absolute atomic E-state index is 11.4. The molecular formula is C14H28O3. The Morgan fingerprint density at radius 2 is 1.76 bits per heavy atom. The molecule has 0 aromatic rings. The lowest BCUT2D eigenvalue weighted by atomic mass is 10.1. The predicted molar refractivity (Wildman–Crippen MR) is 69.8 cm³/mol. The Kier molecular flexibility index (Phi) is 10.2. The second-order valence-electron chi connectivity index (χ2n) is 4.89. The standard InChI is InChI=1S/C14H28O3/c1-4-5-6-7-8-9-14(16)17-13(3)11-10-12(2)15/h12-13,15H,4-11H2,1-3H3. The quantitative estimate of drug-likeness (QED) is 0.473. The van der Waals surface area contributed by atoms with E-state index >= 15 is 0 Å². The van der Waals surface area contributed by atoms with Crippen molar-refractivity contribution >= 4 is 5.97 Å². The summed E-state index contributed by atoms with van der Waals surface area (Å²) < 4.78 is 5.26. The number of carbonyl (C=O) groups is 1. The number of rotatable bonds is 10. The minimum absolute atomic E-state index is 0.0762. The minimum atomic E-state index is -0.315. The third kappa shape index (κ3) is 11.7. The van der Waals surface area contributed by atoms with Gasteiger partial charge in [-0.3, -0.25) is 4.79 Å². The lowest BCUT2D eigenvalue weighted by Gasteiger charge is -2.14. The molecule has 0 aromatic heterocycles. The molecule has 0 radical (unpaired) electrons. The SMILES string of the molecule is CCCCCCCC(=O)OC(C)CCC(C)O. The molecule has 0 aliphatic rings. The van der Waals surface area contributed by atoms with Gasteiger partial charge >= 0.3 is 5.97 Å². The van der Waals surface area contributed by atoms with E-state index in [1.165, 1.54) is 19.3 Å². The monoisotopic (exact) mass is 244 g/mol. The van der Waals surface area contributed by atoms with Gasteiger partial charge in [-0.15, -0.1) is 0 Å². The number of aliphatic hydroxyl groups is 1. The van der Waals surface area contributed by atoms with Crippen molar-refractivity contribution < 1.29 is 14.6 Å². The Bertz CT molecular complexity index is 190. The Labute approximate surface area is 106 Å². The fraction of sp³-hybridized carbons (Fsp3) is 0.929. The number of ether oxygens (including phenoxy) is 1. The first-order valence-electron chi connectivity index (χ1n) is 6.93. The van der Waals surface area contributed by atoms with Gasteiger partial charge in [-0.2, -0.15) is 0 Å². The third-order valence-corrected chi connectivity index (χ3v) is 2.81. The van der Waals surface area contributed by atoms with Gasteiger partial charge in [0.1, 0.15) is 0 Å². The van der Waals surface area contributed by atoms with Crippen LogP contribution in [0.25, 0.3) is 0 Å². The zero-order valence-corrected chi connectivity index (χ0v) is 11.6. The molecular weight excluding hydrogens is 216 g/mol. The molecule has 0 aromatic carbocycles. The van der Waals surface area contributed by atoms with Gasteiger partial charge in [-0.05, 0) is 33.1 Å². The van der Waals surface area contributed by atoms with Gasteiger partial charge in [0, 0.05) is 6.42 Å². The highest BCUT2D eigenvalue weighted by Crippen LogP contribution is 2.09. The Hall–Kier alpha value is -0.570. The van der Waals surface area contributed by atoms with Crippen molar-refractivity contribution in [3.8, 4) is 0 Å². The van der Waals surface area contributed by atoms with Gasteiger partial charge in [0.25, 0.3) is 0 Å². The molecule has 2 atom stereocenters. The smallest absolute Gasteiger partial charge is 0.306 e. The molecule has 1 N–H and O–H groups in total. The second kappa shape index (κ2) is 10.6. The fourth-order valence-corrected chi connectivity index (χ4v) is 1.69. The van der Waals surface area contributed by atoms with E-state index < -0.39 is 0 Å². The summed E-state index contributed by atoms with van der Waals surface area (Å²) in [6, 6.07) is 0. The van der Waals surface area contributed by atoms with Crippen LogP contribution in [-0.2, 0) is 9.53 Å². The first-order chi connectivity index (χ1) is 8.06. The molecule has 0 fully saturated rings. The van der Waals surface area contributed by atoms with Gasteiger partial charge in [0.05, 0.1) is 12.2 Å². The van der Waals surface area contributed by atoms with Crippen molar-refractivity contribution in [2.24, 2.45) is 0 Å². The van der Waals surface area contributed by atoms with Gasteiger partial charge in [-0.1, -0.05) is 32.6 Å². The summed E-state index contributed by atoms with van der Waals surface area (Å²) in [5.41, 5.74) is 0. The summed E-state index contributed by atoms with van der Waals surface area (Å²) in [7, 11) is 0. The largest absolute Gasteiger partial charge is 0.463 e. The molecule has 0 saturated carbocycles. The Morgan fingerprint density at radius 3 is 2.35 bits per heavy atom. The number of hydrogen-bond acceptors (Lipinski definition) is 3. The summed E-state index contributed by atoms with van der Waals surface area (Å²) in [6.45, 7) is 5.82. The second-order valence-corrected chi connectivity index (χ2v) is 4.89. The highest BCUT2D eigenvalue weighted by atomic mass is 16.5. The van der Waals surface area contributed by atoms with E-state index in [1.807, 2.05) is 6.92 Å². The van der Waals surface area contributed by atoms with Crippen LogP contribution in [-0.4, -0.2) is 23.3 Å². The molecule has 2 unspecified atom stereocenters. The van der Waals surface area contributed by atoms with E-state index in [2.05, 4.69) is 6.92 Å². The van der Waals surface area contributed by atoms with Gasteiger partial charge in [0.15, 0.2) is 0 Å². The van der Waals surface area contributed by atoms with Crippen molar-refractivity contribution in [1.29, 1.82) is 0 Å². The van der Waals surface area contributed by atoms with Crippen LogP contribution in [0.5, 0.6) is 0 Å². The van der Waals surface area contributed by atoms with Crippen molar-refractivity contribution in [2.45, 2.75) is 84.3 Å². The number of unbranched alkanes of at least 4 members (excludes halogenated alkanes) is 4. The van der Waals surface area contributed by atoms with Gasteiger partial charge in [-0.25, -0.2) is 0 Å². The van der Waals surface area contributed by atoms with Crippen molar-refractivity contribution in [3.63, 3.8) is 0 Å². The molecule has 17 heavy (non-hydrogen) atoms. The summed E-state index contributed by atoms with van der Waals surface area (Å²) in [6.07, 6.45) is 7.29. The van der Waals surface area contributed by atoms with Crippen molar-refractivity contribution in [1.82, 2.24) is 0 Å². The van der Waals surface area contributed by atoms with Crippen LogP contribution in [0.4, 0.5) is 0 Å². The number of esters is 1. The van der Waals surface area contributed by atoms with E-state index in [0.717, 1.165) is 19.3 Å². The summed E-state index contributed by atoms with van der Waals surface area (Å²) >= 11 is 0. The minimum Gasteiger partial charge on any atom is -0.463 e. The number of hydrogen-bond donors (Lipinski definition) is 1. The first kappa shape index (κ1) is 16.4. The zero-order valence-electron chi connectivity index (χ0n) is 11.6. The third-order valence-electron chi connectivity index (χ3n) is 2.81. The molecule has 102 valence electrons. The highest BCUT2D eigenvalue weighted by Gasteiger charge is 2.10. The van der Waals surface area contributed by atoms with Crippen molar-refractivity contribution in [2.75, 3.05) is 0 Å². The topological polar surface area (TPSA) is 46.5 Å². The number of carbonyl (C=O) groups excluding carboxylic acids is 1. The van der Waals surface area contributed by atoms with Gasteiger partial charge < -0.3 is 9.84 Å². The van der Waals surface area contributed by atoms with Crippen molar-refractivity contribution in [3.05, 3.63) is 0 Å².